The summed E-state index contributed by atoms with van der Waals surface area (Å²) in [5, 5.41) is 6.02. The van der Waals surface area contributed by atoms with E-state index in [4.69, 9.17) is 17.0 Å². The van der Waals surface area contributed by atoms with E-state index < -0.39 is 0 Å². The van der Waals surface area contributed by atoms with Crippen molar-refractivity contribution in [1.29, 1.82) is 0 Å². The van der Waals surface area contributed by atoms with Crippen LogP contribution in [-0.2, 0) is 4.79 Å². The first-order chi connectivity index (χ1) is 11.1. The van der Waals surface area contributed by atoms with Crippen molar-refractivity contribution in [2.75, 3.05) is 11.9 Å². The molecule has 0 spiro atoms. The number of carbonyl (C=O) groups is 1. The zero-order chi connectivity index (χ0) is 16.5. The van der Waals surface area contributed by atoms with Gasteiger partial charge in [-0.05, 0) is 49.3 Å². The molecule has 120 valence electrons. The molecule has 0 aliphatic carbocycles. The van der Waals surface area contributed by atoms with Crippen LogP contribution in [-0.4, -0.2) is 17.6 Å². The molecule has 2 aromatic carbocycles. The average Bonchev–Trinajstić information content (AvgIpc) is 2.55. The Bertz CT molecular complexity index is 659. The predicted molar refractivity (Wildman–Crippen MR) is 96.7 cm³/mol. The highest BCUT2D eigenvalue weighted by Crippen LogP contribution is 2.12. The van der Waals surface area contributed by atoms with Gasteiger partial charge in [0.1, 0.15) is 5.75 Å². The van der Waals surface area contributed by atoms with Gasteiger partial charge in [0.05, 0.1) is 6.61 Å². The summed E-state index contributed by atoms with van der Waals surface area (Å²) in [6.07, 6.45) is 0.996. The second-order valence-electron chi connectivity index (χ2n) is 5.08. The van der Waals surface area contributed by atoms with E-state index in [9.17, 15) is 4.79 Å². The lowest BCUT2D eigenvalue weighted by Crippen LogP contribution is -2.34. The van der Waals surface area contributed by atoms with E-state index in [0.29, 0.717) is 24.6 Å². The molecule has 0 aliphatic rings. The van der Waals surface area contributed by atoms with Crippen LogP contribution >= 0.6 is 12.2 Å². The van der Waals surface area contributed by atoms with E-state index in [1.165, 1.54) is 0 Å². The maximum absolute atomic E-state index is 11.8. The van der Waals surface area contributed by atoms with Crippen molar-refractivity contribution in [2.24, 2.45) is 0 Å². The Morgan fingerprint density at radius 1 is 1.09 bits per heavy atom. The van der Waals surface area contributed by atoms with Crippen LogP contribution in [0.1, 0.15) is 18.4 Å². The predicted octanol–water partition coefficient (Wildman–Crippen LogP) is 3.67. The summed E-state index contributed by atoms with van der Waals surface area (Å²) >= 11 is 5.15. The van der Waals surface area contributed by atoms with Gasteiger partial charge in [-0.3, -0.25) is 4.79 Å². The summed E-state index contributed by atoms with van der Waals surface area (Å²) in [5.74, 6) is 0.692. The molecule has 5 heteroatoms. The quantitative estimate of drug-likeness (QED) is 0.627. The van der Waals surface area contributed by atoms with E-state index in [2.05, 4.69) is 10.6 Å². The van der Waals surface area contributed by atoms with Gasteiger partial charge in [-0.2, -0.15) is 0 Å². The molecular formula is C18H20N2O2S. The molecule has 2 aromatic rings. The molecule has 0 bridgehead atoms. The highest BCUT2D eigenvalue weighted by Gasteiger charge is 2.06. The Labute approximate surface area is 141 Å². The van der Waals surface area contributed by atoms with E-state index in [0.717, 1.165) is 17.0 Å². The van der Waals surface area contributed by atoms with Crippen molar-refractivity contribution in [3.8, 4) is 5.75 Å². The Morgan fingerprint density at radius 3 is 2.52 bits per heavy atom. The van der Waals surface area contributed by atoms with Gasteiger partial charge in [0.2, 0.25) is 5.91 Å². The van der Waals surface area contributed by atoms with Crippen LogP contribution in [0, 0.1) is 6.92 Å². The molecule has 0 saturated carbocycles. The van der Waals surface area contributed by atoms with Crippen LogP contribution in [0.25, 0.3) is 0 Å². The number of rotatable bonds is 6. The second kappa shape index (κ2) is 8.90. The summed E-state index contributed by atoms with van der Waals surface area (Å²) in [6, 6.07) is 17.3. The molecule has 1 amide bonds. The summed E-state index contributed by atoms with van der Waals surface area (Å²) in [4.78, 5) is 11.8. The smallest absolute Gasteiger partial charge is 0.226 e. The molecule has 2 N–H and O–H groups in total. The minimum absolute atomic E-state index is 0.118. The fraction of sp³-hybridized carbons (Fsp3) is 0.222. The van der Waals surface area contributed by atoms with Crippen molar-refractivity contribution >= 4 is 28.9 Å². The van der Waals surface area contributed by atoms with E-state index >= 15 is 0 Å². The molecular weight excluding hydrogens is 308 g/mol. The second-order valence-corrected chi connectivity index (χ2v) is 5.49. The lowest BCUT2D eigenvalue weighted by atomic mass is 10.2. The summed E-state index contributed by atoms with van der Waals surface area (Å²) < 4.78 is 5.54. The molecule has 0 aromatic heterocycles. The number of hydrogen-bond acceptors (Lipinski definition) is 3. The third kappa shape index (κ3) is 6.08. The van der Waals surface area contributed by atoms with Gasteiger partial charge in [0, 0.05) is 12.1 Å². The van der Waals surface area contributed by atoms with Gasteiger partial charge in [-0.25, -0.2) is 0 Å². The standard InChI is InChI=1S/C18H20N2O2S/c1-14-8-5-6-11-16(14)19-18(23)20-17(21)12-7-13-22-15-9-3-2-4-10-15/h2-6,8-11H,7,12-13H2,1H3,(H2,19,20,21,23). The normalized spacial score (nSPS) is 9.96. The number of ether oxygens (including phenoxy) is 1. The zero-order valence-corrected chi connectivity index (χ0v) is 13.9. The molecule has 0 heterocycles. The zero-order valence-electron chi connectivity index (χ0n) is 13.0. The maximum Gasteiger partial charge on any atom is 0.226 e. The van der Waals surface area contributed by atoms with Crippen LogP contribution in [0.5, 0.6) is 5.75 Å². The summed E-state index contributed by atoms with van der Waals surface area (Å²) in [7, 11) is 0. The average molecular weight is 328 g/mol. The number of nitrogens with one attached hydrogen (secondary N) is 2. The Morgan fingerprint density at radius 2 is 1.78 bits per heavy atom. The van der Waals surface area contributed by atoms with Crippen LogP contribution in [0.2, 0.25) is 0 Å². The molecule has 23 heavy (non-hydrogen) atoms. The number of benzene rings is 2. The van der Waals surface area contributed by atoms with Crippen molar-refractivity contribution in [2.45, 2.75) is 19.8 Å². The first kappa shape index (κ1) is 17.0. The van der Waals surface area contributed by atoms with Gasteiger partial charge in [0.25, 0.3) is 0 Å². The largest absolute Gasteiger partial charge is 0.494 e. The molecule has 0 fully saturated rings. The molecule has 0 atom stereocenters. The van der Waals surface area contributed by atoms with Crippen LogP contribution in [0.4, 0.5) is 5.69 Å². The van der Waals surface area contributed by atoms with Crippen molar-refractivity contribution < 1.29 is 9.53 Å². The SMILES string of the molecule is Cc1ccccc1NC(=S)NC(=O)CCCOc1ccccc1. The fourth-order valence-corrected chi connectivity index (χ4v) is 2.22. The monoisotopic (exact) mass is 328 g/mol. The first-order valence-corrected chi connectivity index (χ1v) is 7.90. The van der Waals surface area contributed by atoms with Crippen LogP contribution in [0.3, 0.4) is 0 Å². The number of anilines is 1. The lowest BCUT2D eigenvalue weighted by Gasteiger charge is -2.11. The van der Waals surface area contributed by atoms with Crippen molar-refractivity contribution in [1.82, 2.24) is 5.32 Å². The van der Waals surface area contributed by atoms with Crippen LogP contribution < -0.4 is 15.4 Å². The van der Waals surface area contributed by atoms with E-state index in [1.54, 1.807) is 0 Å². The van der Waals surface area contributed by atoms with Gasteiger partial charge >= 0.3 is 0 Å². The topological polar surface area (TPSA) is 50.4 Å². The number of aryl methyl sites for hydroxylation is 1. The summed E-state index contributed by atoms with van der Waals surface area (Å²) in [5.41, 5.74) is 1.96. The Hall–Kier alpha value is -2.40. The van der Waals surface area contributed by atoms with Crippen molar-refractivity contribution in [3.63, 3.8) is 0 Å². The molecule has 0 aliphatic heterocycles. The number of amides is 1. The van der Waals surface area contributed by atoms with Gasteiger partial charge < -0.3 is 15.4 Å². The highest BCUT2D eigenvalue weighted by atomic mass is 32.1. The minimum Gasteiger partial charge on any atom is -0.494 e. The van der Waals surface area contributed by atoms with Gasteiger partial charge in [0.15, 0.2) is 5.11 Å². The molecule has 0 radical (unpaired) electrons. The highest BCUT2D eigenvalue weighted by molar-refractivity contribution is 7.80. The Balaban J connectivity index is 1.66. The lowest BCUT2D eigenvalue weighted by molar-refractivity contribution is -0.119. The molecule has 0 saturated heterocycles. The number of para-hydroxylation sites is 2. The molecule has 4 nitrogen and oxygen atoms in total. The van der Waals surface area contributed by atoms with Crippen LogP contribution in [0.15, 0.2) is 54.6 Å². The van der Waals surface area contributed by atoms with E-state index in [-0.39, 0.29) is 5.91 Å². The maximum atomic E-state index is 11.8. The third-order valence-corrected chi connectivity index (χ3v) is 3.41. The van der Waals surface area contributed by atoms with E-state index in [1.807, 2.05) is 61.5 Å². The minimum atomic E-state index is -0.118. The van der Waals surface area contributed by atoms with Gasteiger partial charge in [-0.1, -0.05) is 36.4 Å². The molecule has 0 unspecified atom stereocenters. The number of hydrogen-bond donors (Lipinski definition) is 2. The summed E-state index contributed by atoms with van der Waals surface area (Å²) in [6.45, 7) is 2.48. The fourth-order valence-electron chi connectivity index (χ4n) is 2.00. The number of carbonyl (C=O) groups excluding carboxylic acids is 1. The third-order valence-electron chi connectivity index (χ3n) is 3.21. The number of thiocarbonyl (C=S) groups is 1. The Kier molecular flexibility index (Phi) is 6.56. The first-order valence-electron chi connectivity index (χ1n) is 7.49. The van der Waals surface area contributed by atoms with Crippen molar-refractivity contribution in [3.05, 3.63) is 60.2 Å². The van der Waals surface area contributed by atoms with Gasteiger partial charge in [-0.15, -0.1) is 0 Å². The molecule has 2 rings (SSSR count).